The number of rotatable bonds is 5. The van der Waals surface area contributed by atoms with Gasteiger partial charge in [0.1, 0.15) is 0 Å². The van der Waals surface area contributed by atoms with Crippen molar-refractivity contribution in [1.29, 1.82) is 0 Å². The molecule has 1 heterocycles. The molecule has 2 fully saturated rings. The minimum Gasteiger partial charge on any atom is -0.376 e. The number of amides is 2. The van der Waals surface area contributed by atoms with Crippen molar-refractivity contribution in [3.8, 4) is 0 Å². The second kappa shape index (κ2) is 7.16. The molecular weight excluding hydrogens is 316 g/mol. The van der Waals surface area contributed by atoms with Crippen LogP contribution in [0.25, 0.3) is 0 Å². The van der Waals surface area contributed by atoms with Crippen LogP contribution in [-0.2, 0) is 19.7 Å². The number of ether oxygens (including phenoxy) is 1. The zero-order chi connectivity index (χ0) is 18.0. The molecule has 2 N–H and O–H groups in total. The third-order valence-electron chi connectivity index (χ3n) is 4.98. The van der Waals surface area contributed by atoms with Gasteiger partial charge >= 0.3 is 0 Å². The number of carbonyl (C=O) groups excluding carboxylic acids is 2. The maximum absolute atomic E-state index is 12.5. The largest absolute Gasteiger partial charge is 0.376 e. The third-order valence-corrected chi connectivity index (χ3v) is 4.98. The highest BCUT2D eigenvalue weighted by molar-refractivity contribution is 6.00. The summed E-state index contributed by atoms with van der Waals surface area (Å²) in [5.41, 5.74) is 1.89. The first-order valence-electron chi connectivity index (χ1n) is 9.16. The van der Waals surface area contributed by atoms with Crippen LogP contribution >= 0.6 is 0 Å². The predicted octanol–water partition coefficient (Wildman–Crippen LogP) is 2.85. The minimum atomic E-state index is -0.225. The molecule has 1 aliphatic carbocycles. The van der Waals surface area contributed by atoms with E-state index in [-0.39, 0.29) is 35.2 Å². The predicted molar refractivity (Wildman–Crippen MR) is 97.4 cm³/mol. The summed E-state index contributed by atoms with van der Waals surface area (Å²) in [5.74, 6) is -0.519. The highest BCUT2D eigenvalue weighted by Gasteiger charge is 2.48. The number of benzene rings is 1. The lowest BCUT2D eigenvalue weighted by Gasteiger charge is -2.23. The molecule has 136 valence electrons. The highest BCUT2D eigenvalue weighted by Crippen LogP contribution is 2.40. The number of hydrogen-bond donors (Lipinski definition) is 2. The Morgan fingerprint density at radius 1 is 1.16 bits per heavy atom. The van der Waals surface area contributed by atoms with Crippen LogP contribution in [0, 0.1) is 11.8 Å². The number of carbonyl (C=O) groups is 2. The summed E-state index contributed by atoms with van der Waals surface area (Å²) in [4.78, 5) is 24.7. The number of nitrogens with one attached hydrogen (secondary N) is 2. The van der Waals surface area contributed by atoms with Crippen molar-refractivity contribution in [3.63, 3.8) is 0 Å². The summed E-state index contributed by atoms with van der Waals surface area (Å²) < 4.78 is 5.51. The SMILES string of the molecule is CC(C)(C)c1ccccc1NC(=O)C1CC1C(=O)NCC1CCCO1. The Hall–Kier alpha value is -1.88. The Morgan fingerprint density at radius 3 is 2.56 bits per heavy atom. The minimum absolute atomic E-state index is 0.0280. The standard InChI is InChI=1S/C20H28N2O3/c1-20(2,3)16-8-4-5-9-17(16)22-19(24)15-11-14(15)18(23)21-12-13-7-6-10-25-13/h4-5,8-9,13-15H,6-7,10-12H2,1-3H3,(H,21,23)(H,22,24). The van der Waals surface area contributed by atoms with E-state index in [1.807, 2.05) is 24.3 Å². The van der Waals surface area contributed by atoms with E-state index >= 15 is 0 Å². The van der Waals surface area contributed by atoms with Crippen molar-refractivity contribution in [1.82, 2.24) is 5.32 Å². The topological polar surface area (TPSA) is 67.4 Å². The van der Waals surface area contributed by atoms with Gasteiger partial charge in [0.05, 0.1) is 17.9 Å². The van der Waals surface area contributed by atoms with Gasteiger partial charge in [0.25, 0.3) is 0 Å². The van der Waals surface area contributed by atoms with Crippen LogP contribution in [0.5, 0.6) is 0 Å². The molecule has 1 saturated heterocycles. The second-order valence-electron chi connectivity index (χ2n) is 8.11. The maximum Gasteiger partial charge on any atom is 0.228 e. The normalized spacial score (nSPS) is 25.5. The summed E-state index contributed by atoms with van der Waals surface area (Å²) in [5, 5.41) is 5.94. The van der Waals surface area contributed by atoms with Crippen molar-refractivity contribution in [2.45, 2.75) is 51.6 Å². The fourth-order valence-corrected chi connectivity index (χ4v) is 3.40. The van der Waals surface area contributed by atoms with Gasteiger partial charge in [-0.15, -0.1) is 0 Å². The maximum atomic E-state index is 12.5. The first-order valence-corrected chi connectivity index (χ1v) is 9.16. The average molecular weight is 344 g/mol. The van der Waals surface area contributed by atoms with E-state index in [4.69, 9.17) is 4.74 Å². The lowest BCUT2D eigenvalue weighted by atomic mass is 9.86. The van der Waals surface area contributed by atoms with Crippen molar-refractivity contribution < 1.29 is 14.3 Å². The molecule has 0 radical (unpaired) electrons. The summed E-state index contributed by atoms with van der Waals surface area (Å²) >= 11 is 0. The average Bonchev–Trinajstić information content (AvgIpc) is 3.20. The number of para-hydroxylation sites is 1. The lowest BCUT2D eigenvalue weighted by molar-refractivity contribution is -0.125. The smallest absolute Gasteiger partial charge is 0.228 e. The van der Waals surface area contributed by atoms with Gasteiger partial charge in [-0.3, -0.25) is 9.59 Å². The zero-order valence-electron chi connectivity index (χ0n) is 15.3. The molecule has 1 saturated carbocycles. The van der Waals surface area contributed by atoms with Crippen molar-refractivity contribution in [3.05, 3.63) is 29.8 Å². The van der Waals surface area contributed by atoms with E-state index in [9.17, 15) is 9.59 Å². The van der Waals surface area contributed by atoms with Crippen LogP contribution in [0.4, 0.5) is 5.69 Å². The summed E-state index contributed by atoms with van der Waals surface area (Å²) in [7, 11) is 0. The molecule has 3 rings (SSSR count). The molecule has 5 heteroatoms. The second-order valence-corrected chi connectivity index (χ2v) is 8.11. The van der Waals surface area contributed by atoms with Crippen molar-refractivity contribution >= 4 is 17.5 Å². The molecule has 0 spiro atoms. The van der Waals surface area contributed by atoms with Crippen molar-refractivity contribution in [2.24, 2.45) is 11.8 Å². The Morgan fingerprint density at radius 2 is 1.88 bits per heavy atom. The van der Waals surface area contributed by atoms with E-state index in [1.165, 1.54) is 0 Å². The number of hydrogen-bond acceptors (Lipinski definition) is 3. The van der Waals surface area contributed by atoms with Gasteiger partial charge in [0, 0.05) is 18.8 Å². The Kier molecular flexibility index (Phi) is 5.13. The van der Waals surface area contributed by atoms with E-state index in [0.29, 0.717) is 13.0 Å². The molecular formula is C20H28N2O3. The quantitative estimate of drug-likeness (QED) is 0.863. The molecule has 0 aromatic heterocycles. The van der Waals surface area contributed by atoms with Crippen LogP contribution in [0.3, 0.4) is 0 Å². The monoisotopic (exact) mass is 344 g/mol. The van der Waals surface area contributed by atoms with E-state index in [0.717, 1.165) is 30.7 Å². The van der Waals surface area contributed by atoms with Crippen molar-refractivity contribution in [2.75, 3.05) is 18.5 Å². The van der Waals surface area contributed by atoms with E-state index in [2.05, 4.69) is 31.4 Å². The van der Waals surface area contributed by atoms with Crippen LogP contribution in [-0.4, -0.2) is 31.1 Å². The molecule has 1 aromatic rings. The fourth-order valence-electron chi connectivity index (χ4n) is 3.40. The molecule has 1 aliphatic heterocycles. The summed E-state index contributed by atoms with van der Waals surface area (Å²) in [6.07, 6.45) is 2.82. The molecule has 3 atom stereocenters. The molecule has 3 unspecified atom stereocenters. The van der Waals surface area contributed by atoms with Gasteiger partial charge in [-0.05, 0) is 36.3 Å². The van der Waals surface area contributed by atoms with Crippen LogP contribution in [0.15, 0.2) is 24.3 Å². The molecule has 2 aliphatic rings. The molecule has 0 bridgehead atoms. The first-order chi connectivity index (χ1) is 11.9. The molecule has 1 aromatic carbocycles. The Balaban J connectivity index is 1.53. The number of anilines is 1. The Labute approximate surface area is 149 Å². The summed E-state index contributed by atoms with van der Waals surface area (Å²) in [6.45, 7) is 7.70. The first kappa shape index (κ1) is 17.9. The van der Waals surface area contributed by atoms with E-state index in [1.54, 1.807) is 0 Å². The lowest BCUT2D eigenvalue weighted by Crippen LogP contribution is -2.33. The van der Waals surface area contributed by atoms with Crippen LogP contribution in [0.1, 0.15) is 45.6 Å². The van der Waals surface area contributed by atoms with Gasteiger partial charge in [-0.25, -0.2) is 0 Å². The molecule has 5 nitrogen and oxygen atoms in total. The third kappa shape index (κ3) is 4.40. The Bertz CT molecular complexity index is 645. The van der Waals surface area contributed by atoms with Gasteiger partial charge < -0.3 is 15.4 Å². The van der Waals surface area contributed by atoms with Gasteiger partial charge in [-0.1, -0.05) is 39.0 Å². The summed E-state index contributed by atoms with van der Waals surface area (Å²) in [6, 6.07) is 7.86. The van der Waals surface area contributed by atoms with Gasteiger partial charge in [0.15, 0.2) is 0 Å². The fraction of sp³-hybridized carbons (Fsp3) is 0.600. The molecule has 2 amide bonds. The highest BCUT2D eigenvalue weighted by atomic mass is 16.5. The van der Waals surface area contributed by atoms with Gasteiger partial charge in [0.2, 0.25) is 11.8 Å². The van der Waals surface area contributed by atoms with Gasteiger partial charge in [-0.2, -0.15) is 0 Å². The molecule has 25 heavy (non-hydrogen) atoms. The van der Waals surface area contributed by atoms with Crippen LogP contribution < -0.4 is 10.6 Å². The van der Waals surface area contributed by atoms with Crippen LogP contribution in [0.2, 0.25) is 0 Å². The van der Waals surface area contributed by atoms with E-state index < -0.39 is 0 Å². The zero-order valence-corrected chi connectivity index (χ0v) is 15.3.